The number of nitrogens with one attached hydrogen (secondary N) is 1. The van der Waals surface area contributed by atoms with Gasteiger partial charge >= 0.3 is 0 Å². The van der Waals surface area contributed by atoms with Crippen molar-refractivity contribution in [3.63, 3.8) is 0 Å². The first-order chi connectivity index (χ1) is 8.93. The number of methoxy groups -OCH3 is 1. The van der Waals surface area contributed by atoms with Gasteiger partial charge in [-0.3, -0.25) is 4.79 Å². The van der Waals surface area contributed by atoms with Crippen molar-refractivity contribution < 1.29 is 14.6 Å². The molecule has 0 aromatic carbocycles. The molecule has 1 atom stereocenters. The molecule has 0 saturated heterocycles. The number of hydrogen-bond acceptors (Lipinski definition) is 5. The van der Waals surface area contributed by atoms with Crippen LogP contribution in [0.4, 0.5) is 0 Å². The summed E-state index contributed by atoms with van der Waals surface area (Å²) in [7, 11) is 1.58. The molecule has 19 heavy (non-hydrogen) atoms. The van der Waals surface area contributed by atoms with Crippen LogP contribution in [0.2, 0.25) is 0 Å². The Morgan fingerprint density at radius 1 is 1.68 bits per heavy atom. The van der Waals surface area contributed by atoms with E-state index in [1.807, 2.05) is 12.3 Å². The van der Waals surface area contributed by atoms with Crippen LogP contribution in [0.25, 0.3) is 6.08 Å². The first kappa shape index (κ1) is 15.8. The number of rotatable bonds is 7. The fraction of sp³-hybridized carbons (Fsp3) is 0.538. The average molecular weight is 284 g/mol. The van der Waals surface area contributed by atoms with Crippen molar-refractivity contribution in [1.29, 1.82) is 0 Å². The highest BCUT2D eigenvalue weighted by Crippen LogP contribution is 2.09. The third-order valence-electron chi connectivity index (χ3n) is 2.53. The monoisotopic (exact) mass is 284 g/mol. The molecule has 0 aliphatic heterocycles. The summed E-state index contributed by atoms with van der Waals surface area (Å²) in [6.45, 7) is 4.22. The van der Waals surface area contributed by atoms with E-state index >= 15 is 0 Å². The molecule has 1 aromatic heterocycles. The van der Waals surface area contributed by atoms with Crippen LogP contribution in [-0.4, -0.2) is 41.9 Å². The summed E-state index contributed by atoms with van der Waals surface area (Å²) in [5, 5.41) is 15.5. The Hall–Kier alpha value is -1.24. The number of nitrogens with zero attached hydrogens (tertiary/aromatic N) is 1. The molecule has 0 saturated carbocycles. The third-order valence-corrected chi connectivity index (χ3v) is 3.32. The molecule has 0 aliphatic carbocycles. The molecule has 106 valence electrons. The van der Waals surface area contributed by atoms with Gasteiger partial charge in [0.25, 0.3) is 0 Å². The van der Waals surface area contributed by atoms with Gasteiger partial charge in [-0.2, -0.15) is 0 Å². The molecular formula is C13H20N2O3S. The van der Waals surface area contributed by atoms with E-state index in [-0.39, 0.29) is 12.5 Å². The van der Waals surface area contributed by atoms with Gasteiger partial charge in [-0.15, -0.1) is 11.3 Å². The normalized spacial score (nSPS) is 14.5. The Morgan fingerprint density at radius 2 is 2.42 bits per heavy atom. The number of amides is 1. The predicted molar refractivity (Wildman–Crippen MR) is 76.0 cm³/mol. The van der Waals surface area contributed by atoms with E-state index in [1.165, 1.54) is 17.4 Å². The van der Waals surface area contributed by atoms with Gasteiger partial charge in [-0.1, -0.05) is 0 Å². The highest BCUT2D eigenvalue weighted by atomic mass is 32.1. The molecule has 0 aliphatic rings. The lowest BCUT2D eigenvalue weighted by molar-refractivity contribution is -0.117. The zero-order chi connectivity index (χ0) is 14.3. The number of aliphatic hydroxyl groups is 1. The Balaban J connectivity index is 2.37. The van der Waals surface area contributed by atoms with Crippen LogP contribution in [0, 0.1) is 6.92 Å². The summed E-state index contributed by atoms with van der Waals surface area (Å²) in [5.41, 5.74) is -0.194. The van der Waals surface area contributed by atoms with Gasteiger partial charge in [0.15, 0.2) is 0 Å². The van der Waals surface area contributed by atoms with E-state index in [4.69, 9.17) is 4.74 Å². The molecular weight excluding hydrogens is 264 g/mol. The number of thiazole rings is 1. The first-order valence-electron chi connectivity index (χ1n) is 6.02. The van der Waals surface area contributed by atoms with Crippen molar-refractivity contribution in [3.05, 3.63) is 22.2 Å². The fourth-order valence-corrected chi connectivity index (χ4v) is 1.95. The molecule has 0 spiro atoms. The van der Waals surface area contributed by atoms with Crippen LogP contribution in [-0.2, 0) is 9.53 Å². The minimum Gasteiger partial charge on any atom is -0.388 e. The van der Waals surface area contributed by atoms with Crippen molar-refractivity contribution in [1.82, 2.24) is 10.3 Å². The Kier molecular flexibility index (Phi) is 6.14. The van der Waals surface area contributed by atoms with E-state index in [9.17, 15) is 9.90 Å². The molecule has 1 amide bonds. The zero-order valence-electron chi connectivity index (χ0n) is 11.5. The van der Waals surface area contributed by atoms with Gasteiger partial charge in [0.2, 0.25) is 5.91 Å². The number of carbonyl (C=O) groups is 1. The van der Waals surface area contributed by atoms with Crippen LogP contribution < -0.4 is 5.32 Å². The number of hydrogen-bond donors (Lipinski definition) is 2. The van der Waals surface area contributed by atoms with Crippen LogP contribution in [0.3, 0.4) is 0 Å². The summed E-state index contributed by atoms with van der Waals surface area (Å²) in [5.74, 6) is -0.247. The van der Waals surface area contributed by atoms with Crippen LogP contribution in [0.15, 0.2) is 11.5 Å². The lowest BCUT2D eigenvalue weighted by Crippen LogP contribution is -2.40. The maximum atomic E-state index is 11.6. The molecule has 2 N–H and O–H groups in total. The lowest BCUT2D eigenvalue weighted by Gasteiger charge is -2.22. The predicted octanol–water partition coefficient (Wildman–Crippen LogP) is 1.37. The Bertz CT molecular complexity index is 441. The van der Waals surface area contributed by atoms with Gasteiger partial charge in [0, 0.05) is 38.1 Å². The molecule has 0 radical (unpaired) electrons. The van der Waals surface area contributed by atoms with E-state index in [1.54, 1.807) is 20.1 Å². The van der Waals surface area contributed by atoms with Gasteiger partial charge < -0.3 is 15.2 Å². The highest BCUT2D eigenvalue weighted by Gasteiger charge is 2.20. The number of aromatic nitrogens is 1. The largest absolute Gasteiger partial charge is 0.388 e. The molecule has 1 unspecified atom stereocenters. The zero-order valence-corrected chi connectivity index (χ0v) is 12.3. The average Bonchev–Trinajstić information content (AvgIpc) is 2.77. The number of aryl methyl sites for hydroxylation is 1. The first-order valence-corrected chi connectivity index (χ1v) is 6.90. The maximum Gasteiger partial charge on any atom is 0.244 e. The van der Waals surface area contributed by atoms with E-state index < -0.39 is 5.60 Å². The molecule has 1 rings (SSSR count). The summed E-state index contributed by atoms with van der Waals surface area (Å²) in [4.78, 5) is 15.8. The number of ether oxygens (including phenoxy) is 1. The van der Waals surface area contributed by atoms with Crippen molar-refractivity contribution in [3.8, 4) is 0 Å². The standard InChI is InChI=1S/C13H20N2O3S/c1-10-15-11(8-19-10)4-5-12(16)14-9-13(2,17)6-7-18-3/h4-5,8,17H,6-7,9H2,1-3H3,(H,14,16)/b5-4+. The van der Waals surface area contributed by atoms with E-state index in [0.29, 0.717) is 13.0 Å². The summed E-state index contributed by atoms with van der Waals surface area (Å²) >= 11 is 1.53. The topological polar surface area (TPSA) is 71.5 Å². The van der Waals surface area contributed by atoms with Gasteiger partial charge in [-0.25, -0.2) is 4.98 Å². The summed E-state index contributed by atoms with van der Waals surface area (Å²) in [6, 6.07) is 0. The number of carbonyl (C=O) groups excluding carboxylic acids is 1. The highest BCUT2D eigenvalue weighted by molar-refractivity contribution is 7.09. The Labute approximate surface area is 117 Å². The minimum atomic E-state index is -0.962. The second-order valence-corrected chi connectivity index (χ2v) is 5.64. The van der Waals surface area contributed by atoms with E-state index in [0.717, 1.165) is 10.7 Å². The molecule has 6 heteroatoms. The van der Waals surface area contributed by atoms with E-state index in [2.05, 4.69) is 10.3 Å². The van der Waals surface area contributed by atoms with Gasteiger partial charge in [0.1, 0.15) is 0 Å². The molecule has 0 fully saturated rings. The van der Waals surface area contributed by atoms with Crippen molar-refractivity contribution in [2.24, 2.45) is 0 Å². The molecule has 1 heterocycles. The summed E-state index contributed by atoms with van der Waals surface area (Å²) < 4.78 is 4.90. The quantitative estimate of drug-likeness (QED) is 0.742. The maximum absolute atomic E-state index is 11.6. The van der Waals surface area contributed by atoms with Crippen LogP contribution in [0.5, 0.6) is 0 Å². The fourth-order valence-electron chi connectivity index (χ4n) is 1.36. The minimum absolute atomic E-state index is 0.190. The third kappa shape index (κ3) is 6.47. The van der Waals surface area contributed by atoms with Crippen LogP contribution >= 0.6 is 11.3 Å². The molecule has 1 aromatic rings. The van der Waals surface area contributed by atoms with Crippen molar-refractivity contribution in [2.75, 3.05) is 20.3 Å². The lowest BCUT2D eigenvalue weighted by atomic mass is 10.0. The second kappa shape index (κ2) is 7.37. The molecule has 5 nitrogen and oxygen atoms in total. The van der Waals surface area contributed by atoms with Crippen LogP contribution in [0.1, 0.15) is 24.0 Å². The van der Waals surface area contributed by atoms with Gasteiger partial charge in [-0.05, 0) is 19.9 Å². The summed E-state index contributed by atoms with van der Waals surface area (Å²) in [6.07, 6.45) is 3.54. The Morgan fingerprint density at radius 3 is 3.00 bits per heavy atom. The van der Waals surface area contributed by atoms with Gasteiger partial charge in [0.05, 0.1) is 16.3 Å². The van der Waals surface area contributed by atoms with Crippen molar-refractivity contribution in [2.45, 2.75) is 25.9 Å². The van der Waals surface area contributed by atoms with Crippen molar-refractivity contribution >= 4 is 23.3 Å². The molecule has 0 bridgehead atoms. The second-order valence-electron chi connectivity index (χ2n) is 4.58. The SMILES string of the molecule is COCCC(C)(O)CNC(=O)/C=C/c1csc(C)n1. The smallest absolute Gasteiger partial charge is 0.244 e.